The first-order chi connectivity index (χ1) is 8.72. The Morgan fingerprint density at radius 2 is 2.17 bits per heavy atom. The molecule has 0 radical (unpaired) electrons. The summed E-state index contributed by atoms with van der Waals surface area (Å²) in [5.41, 5.74) is 3.57. The molecule has 0 aliphatic rings. The Morgan fingerprint density at radius 1 is 1.44 bits per heavy atom. The molecule has 0 fully saturated rings. The third kappa shape index (κ3) is 2.73. The molecular formula is C13H12FNO2S. The summed E-state index contributed by atoms with van der Waals surface area (Å²) in [6.07, 6.45) is 0. The van der Waals surface area contributed by atoms with Crippen LogP contribution in [-0.2, 0) is 9.53 Å². The van der Waals surface area contributed by atoms with E-state index in [0.29, 0.717) is 6.47 Å². The summed E-state index contributed by atoms with van der Waals surface area (Å²) in [5.74, 6) is -0.377. The van der Waals surface area contributed by atoms with E-state index in [4.69, 9.17) is 4.74 Å². The van der Waals surface area contributed by atoms with Crippen LogP contribution >= 0.6 is 11.3 Å². The van der Waals surface area contributed by atoms with E-state index in [2.05, 4.69) is 4.98 Å². The van der Waals surface area contributed by atoms with Gasteiger partial charge in [-0.25, -0.2) is 9.37 Å². The number of hydrogen-bond donors (Lipinski definition) is 0. The van der Waals surface area contributed by atoms with Crippen molar-refractivity contribution in [2.75, 3.05) is 6.61 Å². The summed E-state index contributed by atoms with van der Waals surface area (Å²) in [7, 11) is 0. The quantitative estimate of drug-likeness (QED) is 0.780. The van der Waals surface area contributed by atoms with Crippen LogP contribution in [0.25, 0.3) is 0 Å². The average molecular weight is 265 g/mol. The van der Waals surface area contributed by atoms with Crippen LogP contribution in [0.4, 0.5) is 4.39 Å². The highest BCUT2D eigenvalue weighted by Crippen LogP contribution is 2.30. The molecule has 1 atom stereocenters. The van der Waals surface area contributed by atoms with Crippen LogP contribution in [0, 0.1) is 12.7 Å². The number of hydrogen-bond acceptors (Lipinski definition) is 4. The van der Waals surface area contributed by atoms with Gasteiger partial charge < -0.3 is 4.74 Å². The molecule has 0 saturated carbocycles. The Hall–Kier alpha value is -1.75. The lowest BCUT2D eigenvalue weighted by atomic mass is 9.97. The van der Waals surface area contributed by atoms with Gasteiger partial charge in [0.05, 0.1) is 17.1 Å². The summed E-state index contributed by atoms with van der Waals surface area (Å²) < 4.78 is 17.8. The van der Waals surface area contributed by atoms with E-state index in [-0.39, 0.29) is 18.3 Å². The zero-order valence-electron chi connectivity index (χ0n) is 9.80. The first-order valence-corrected chi connectivity index (χ1v) is 6.31. The number of aryl methyl sites for hydroxylation is 1. The molecule has 1 aromatic heterocycles. The molecule has 94 valence electrons. The average Bonchev–Trinajstić information content (AvgIpc) is 2.78. The summed E-state index contributed by atoms with van der Waals surface area (Å²) in [5, 5.41) is 0. The molecule has 2 rings (SSSR count). The van der Waals surface area contributed by atoms with E-state index in [1.54, 1.807) is 17.6 Å². The molecule has 2 aromatic rings. The normalized spacial score (nSPS) is 12.1. The third-order valence-electron chi connectivity index (χ3n) is 2.70. The van der Waals surface area contributed by atoms with Gasteiger partial charge >= 0.3 is 0 Å². The van der Waals surface area contributed by atoms with E-state index in [1.165, 1.54) is 23.5 Å². The number of carbonyl (C=O) groups excluding carboxylic acids is 1. The zero-order valence-corrected chi connectivity index (χ0v) is 10.6. The summed E-state index contributed by atoms with van der Waals surface area (Å²) in [6.45, 7) is 2.56. The van der Waals surface area contributed by atoms with Gasteiger partial charge in [-0.05, 0) is 24.6 Å². The minimum absolute atomic E-state index is 0.0942. The van der Waals surface area contributed by atoms with E-state index in [9.17, 15) is 9.18 Å². The van der Waals surface area contributed by atoms with Crippen LogP contribution < -0.4 is 0 Å². The third-order valence-corrected chi connectivity index (χ3v) is 3.75. The highest BCUT2D eigenvalue weighted by Gasteiger charge is 2.19. The number of halogens is 1. The standard InChI is InChI=1S/C13H12FNO2S/c1-9-13(18-7-15-9)12(6-17-8-16)10-2-4-11(14)5-3-10/h2-5,7-8,12H,6H2,1H3. The topological polar surface area (TPSA) is 39.2 Å². The maximum absolute atomic E-state index is 12.9. The number of rotatable bonds is 5. The first-order valence-electron chi connectivity index (χ1n) is 5.43. The minimum atomic E-state index is -0.283. The first kappa shape index (κ1) is 12.7. The molecule has 3 nitrogen and oxygen atoms in total. The van der Waals surface area contributed by atoms with Crippen molar-refractivity contribution in [2.24, 2.45) is 0 Å². The second-order valence-electron chi connectivity index (χ2n) is 3.84. The number of nitrogens with zero attached hydrogens (tertiary/aromatic N) is 1. The van der Waals surface area contributed by atoms with E-state index in [0.717, 1.165) is 16.1 Å². The van der Waals surface area contributed by atoms with Crippen molar-refractivity contribution < 1.29 is 13.9 Å². The molecule has 0 amide bonds. The monoisotopic (exact) mass is 265 g/mol. The van der Waals surface area contributed by atoms with Gasteiger partial charge in [0.2, 0.25) is 0 Å². The Labute approximate surface area is 108 Å². The van der Waals surface area contributed by atoms with Crippen LogP contribution in [0.5, 0.6) is 0 Å². The van der Waals surface area contributed by atoms with Gasteiger partial charge in [0.1, 0.15) is 12.4 Å². The van der Waals surface area contributed by atoms with Crippen molar-refractivity contribution in [1.82, 2.24) is 4.98 Å². The van der Waals surface area contributed by atoms with Crippen molar-refractivity contribution in [3.8, 4) is 0 Å². The maximum Gasteiger partial charge on any atom is 0.293 e. The van der Waals surface area contributed by atoms with Crippen LogP contribution in [0.1, 0.15) is 22.1 Å². The van der Waals surface area contributed by atoms with E-state index < -0.39 is 0 Å². The van der Waals surface area contributed by atoms with Gasteiger partial charge in [0.15, 0.2) is 0 Å². The predicted molar refractivity (Wildman–Crippen MR) is 67.1 cm³/mol. The number of thiazole rings is 1. The Bertz CT molecular complexity index is 524. The van der Waals surface area contributed by atoms with Crippen molar-refractivity contribution in [3.63, 3.8) is 0 Å². The second-order valence-corrected chi connectivity index (χ2v) is 4.72. The molecule has 0 aliphatic carbocycles. The highest BCUT2D eigenvalue weighted by molar-refractivity contribution is 7.09. The van der Waals surface area contributed by atoms with Gasteiger partial charge in [-0.3, -0.25) is 4.79 Å². The lowest BCUT2D eigenvalue weighted by Gasteiger charge is -2.15. The Kier molecular flexibility index (Phi) is 4.04. The number of carbonyl (C=O) groups is 1. The van der Waals surface area contributed by atoms with E-state index in [1.807, 2.05) is 6.92 Å². The van der Waals surface area contributed by atoms with Crippen molar-refractivity contribution in [1.29, 1.82) is 0 Å². The fourth-order valence-corrected chi connectivity index (χ4v) is 2.72. The van der Waals surface area contributed by atoms with Crippen molar-refractivity contribution in [3.05, 3.63) is 51.7 Å². The fraction of sp³-hybridized carbons (Fsp3) is 0.231. The molecule has 0 N–H and O–H groups in total. The lowest BCUT2D eigenvalue weighted by Crippen LogP contribution is -2.09. The maximum atomic E-state index is 12.9. The Balaban J connectivity index is 2.33. The minimum Gasteiger partial charge on any atom is -0.467 e. The van der Waals surface area contributed by atoms with Gasteiger partial charge in [0.25, 0.3) is 6.47 Å². The molecule has 5 heteroatoms. The number of benzene rings is 1. The Morgan fingerprint density at radius 3 is 2.72 bits per heavy atom. The van der Waals surface area contributed by atoms with Crippen LogP contribution in [-0.4, -0.2) is 18.1 Å². The molecule has 1 aromatic carbocycles. The molecule has 1 heterocycles. The summed E-state index contributed by atoms with van der Waals surface area (Å²) >= 11 is 1.51. The van der Waals surface area contributed by atoms with Gasteiger partial charge in [-0.1, -0.05) is 12.1 Å². The van der Waals surface area contributed by atoms with Crippen LogP contribution in [0.3, 0.4) is 0 Å². The SMILES string of the molecule is Cc1ncsc1C(COC=O)c1ccc(F)cc1. The van der Waals surface area contributed by atoms with Gasteiger partial charge in [-0.15, -0.1) is 11.3 Å². The molecule has 0 aliphatic heterocycles. The number of aromatic nitrogens is 1. The highest BCUT2D eigenvalue weighted by atomic mass is 32.1. The van der Waals surface area contributed by atoms with E-state index >= 15 is 0 Å². The molecular weight excluding hydrogens is 253 g/mol. The molecule has 0 bridgehead atoms. The van der Waals surface area contributed by atoms with Gasteiger partial charge in [0, 0.05) is 4.88 Å². The molecule has 0 saturated heterocycles. The molecule has 18 heavy (non-hydrogen) atoms. The largest absolute Gasteiger partial charge is 0.467 e. The smallest absolute Gasteiger partial charge is 0.293 e. The van der Waals surface area contributed by atoms with Gasteiger partial charge in [-0.2, -0.15) is 0 Å². The van der Waals surface area contributed by atoms with Crippen molar-refractivity contribution >= 4 is 17.8 Å². The number of ether oxygens (including phenoxy) is 1. The zero-order chi connectivity index (χ0) is 13.0. The summed E-state index contributed by atoms with van der Waals surface area (Å²) in [4.78, 5) is 15.6. The van der Waals surface area contributed by atoms with Crippen molar-refractivity contribution in [2.45, 2.75) is 12.8 Å². The van der Waals surface area contributed by atoms with Crippen LogP contribution in [0.2, 0.25) is 0 Å². The summed E-state index contributed by atoms with van der Waals surface area (Å²) in [6, 6.07) is 6.21. The predicted octanol–water partition coefficient (Wildman–Crippen LogP) is 2.90. The molecule has 0 spiro atoms. The lowest BCUT2D eigenvalue weighted by molar-refractivity contribution is -0.128. The van der Waals surface area contributed by atoms with Crippen LogP contribution in [0.15, 0.2) is 29.8 Å². The molecule has 1 unspecified atom stereocenters. The fourth-order valence-electron chi connectivity index (χ4n) is 1.80. The second kappa shape index (κ2) is 5.73.